The van der Waals surface area contributed by atoms with Crippen LogP contribution in [-0.4, -0.2) is 65.5 Å². The highest BCUT2D eigenvalue weighted by atomic mass is 16.3. The maximum atomic E-state index is 11.4. The van der Waals surface area contributed by atoms with Crippen LogP contribution in [0, 0.1) is 0 Å². The first-order valence-electron chi connectivity index (χ1n) is 7.02. The van der Waals surface area contributed by atoms with Gasteiger partial charge in [-0.15, -0.1) is 0 Å². The molecule has 2 unspecified atom stereocenters. The van der Waals surface area contributed by atoms with Gasteiger partial charge in [-0.1, -0.05) is 13.3 Å². The Balaban J connectivity index is 3.65. The van der Waals surface area contributed by atoms with Gasteiger partial charge in [0.1, 0.15) is 12.7 Å². The maximum Gasteiger partial charge on any atom is 0.252 e. The number of aliphatic hydroxyl groups is 3. The van der Waals surface area contributed by atoms with E-state index in [1.165, 1.54) is 0 Å². The summed E-state index contributed by atoms with van der Waals surface area (Å²) in [5.74, 6) is -1.78. The molecule has 0 rings (SSSR count). The number of unbranched alkanes of at least 4 members (excludes halogenated alkanes) is 2. The molecule has 0 spiro atoms. The van der Waals surface area contributed by atoms with E-state index in [4.69, 9.17) is 5.11 Å². The summed E-state index contributed by atoms with van der Waals surface area (Å²) in [6.07, 6.45) is 0.0908. The molecule has 0 saturated carbocycles. The molecule has 0 heterocycles. The molecule has 0 saturated heterocycles. The van der Waals surface area contributed by atoms with Gasteiger partial charge in [0, 0.05) is 6.54 Å². The molecule has 0 bridgehead atoms. The largest absolute Gasteiger partial charge is 0.388 e. The molecule has 0 aromatic carbocycles. The van der Waals surface area contributed by atoms with Crippen molar-refractivity contribution in [1.29, 1.82) is 0 Å². The zero-order valence-corrected chi connectivity index (χ0v) is 12.0. The van der Waals surface area contributed by atoms with E-state index < -0.39 is 30.5 Å². The van der Waals surface area contributed by atoms with Crippen LogP contribution in [0.5, 0.6) is 0 Å². The molecule has 0 aliphatic rings. The van der Waals surface area contributed by atoms with E-state index in [0.717, 1.165) is 38.8 Å². The summed E-state index contributed by atoms with van der Waals surface area (Å²) in [6, 6.07) is 0. The van der Waals surface area contributed by atoms with Crippen molar-refractivity contribution in [3.63, 3.8) is 0 Å². The third kappa shape index (κ3) is 8.21. The minimum Gasteiger partial charge on any atom is -0.388 e. The van der Waals surface area contributed by atoms with E-state index in [9.17, 15) is 19.8 Å². The van der Waals surface area contributed by atoms with Gasteiger partial charge >= 0.3 is 0 Å². The first kappa shape index (κ1) is 19.0. The van der Waals surface area contributed by atoms with Crippen LogP contribution in [-0.2, 0) is 9.59 Å². The minimum atomic E-state index is -1.88. The zero-order valence-electron chi connectivity index (χ0n) is 12.0. The van der Waals surface area contributed by atoms with E-state index in [0.29, 0.717) is 6.54 Å². The molecular weight excluding hydrogens is 264 g/mol. The van der Waals surface area contributed by atoms with Crippen LogP contribution in [0.3, 0.4) is 0 Å². The number of carbonyl (C=O) groups is 2. The lowest BCUT2D eigenvalue weighted by Gasteiger charge is -2.15. The predicted molar refractivity (Wildman–Crippen MR) is 74.1 cm³/mol. The Kier molecular flexibility index (Phi) is 11.2. The van der Waals surface area contributed by atoms with E-state index in [1.807, 2.05) is 0 Å². The number of nitrogens with one attached hydrogen (secondary N) is 2. The van der Waals surface area contributed by atoms with Crippen molar-refractivity contribution in [3.05, 3.63) is 0 Å². The molecule has 0 fully saturated rings. The van der Waals surface area contributed by atoms with Crippen molar-refractivity contribution >= 4 is 11.7 Å². The molecule has 0 aromatic heterocycles. The van der Waals surface area contributed by atoms with Gasteiger partial charge in [-0.05, 0) is 32.4 Å². The van der Waals surface area contributed by atoms with Crippen molar-refractivity contribution in [2.45, 2.75) is 44.8 Å². The van der Waals surface area contributed by atoms with Crippen LogP contribution in [0.15, 0.2) is 0 Å². The van der Waals surface area contributed by atoms with E-state index in [1.54, 1.807) is 0 Å². The van der Waals surface area contributed by atoms with Crippen molar-refractivity contribution in [3.8, 4) is 0 Å². The molecule has 1 amide bonds. The number of carbonyl (C=O) groups excluding carboxylic acids is 2. The van der Waals surface area contributed by atoms with Crippen LogP contribution in [0.2, 0.25) is 0 Å². The lowest BCUT2D eigenvalue weighted by atomic mass is 10.1. The van der Waals surface area contributed by atoms with Gasteiger partial charge in [-0.2, -0.15) is 0 Å². The summed E-state index contributed by atoms with van der Waals surface area (Å²) >= 11 is 0. The molecule has 7 heteroatoms. The number of ketones is 1. The zero-order chi connectivity index (χ0) is 15.4. The monoisotopic (exact) mass is 290 g/mol. The van der Waals surface area contributed by atoms with Gasteiger partial charge in [0.2, 0.25) is 0 Å². The number of hydrogen-bond acceptors (Lipinski definition) is 6. The predicted octanol–water partition coefficient (Wildman–Crippen LogP) is -1.44. The highest BCUT2D eigenvalue weighted by molar-refractivity contribution is 5.92. The molecule has 7 nitrogen and oxygen atoms in total. The Morgan fingerprint density at radius 1 is 1.00 bits per heavy atom. The second-order valence-electron chi connectivity index (χ2n) is 4.62. The highest BCUT2D eigenvalue weighted by Gasteiger charge is 2.29. The first-order chi connectivity index (χ1) is 9.54. The molecule has 0 aliphatic heterocycles. The molecule has 2 atom stereocenters. The third-order valence-corrected chi connectivity index (χ3v) is 2.81. The second kappa shape index (κ2) is 11.8. The van der Waals surface area contributed by atoms with Crippen LogP contribution < -0.4 is 10.6 Å². The third-order valence-electron chi connectivity index (χ3n) is 2.81. The summed E-state index contributed by atoms with van der Waals surface area (Å²) in [7, 11) is 0. The fourth-order valence-electron chi connectivity index (χ4n) is 1.58. The average molecular weight is 290 g/mol. The molecule has 0 radical (unpaired) electrons. The summed E-state index contributed by atoms with van der Waals surface area (Å²) in [5.41, 5.74) is 0. The van der Waals surface area contributed by atoms with Crippen LogP contribution in [0.25, 0.3) is 0 Å². The summed E-state index contributed by atoms with van der Waals surface area (Å²) < 4.78 is 0. The number of aliphatic hydroxyl groups excluding tert-OH is 3. The smallest absolute Gasteiger partial charge is 0.252 e. The fourth-order valence-corrected chi connectivity index (χ4v) is 1.58. The van der Waals surface area contributed by atoms with Crippen molar-refractivity contribution in [2.24, 2.45) is 0 Å². The SMILES string of the molecule is CCCNCCCCCNC(=O)C(O)C(O)C(=O)CO. The van der Waals surface area contributed by atoms with Crippen LogP contribution in [0.4, 0.5) is 0 Å². The number of amides is 1. The molecule has 20 heavy (non-hydrogen) atoms. The summed E-state index contributed by atoms with van der Waals surface area (Å²) in [5, 5.41) is 32.9. The second-order valence-corrected chi connectivity index (χ2v) is 4.62. The van der Waals surface area contributed by atoms with E-state index >= 15 is 0 Å². The van der Waals surface area contributed by atoms with Crippen molar-refractivity contribution in [2.75, 3.05) is 26.2 Å². The lowest BCUT2D eigenvalue weighted by molar-refractivity contribution is -0.146. The molecular formula is C13H26N2O5. The Morgan fingerprint density at radius 2 is 1.65 bits per heavy atom. The van der Waals surface area contributed by atoms with Crippen LogP contribution >= 0.6 is 0 Å². The van der Waals surface area contributed by atoms with Gasteiger partial charge in [0.15, 0.2) is 11.9 Å². The molecule has 5 N–H and O–H groups in total. The Morgan fingerprint density at radius 3 is 2.25 bits per heavy atom. The van der Waals surface area contributed by atoms with Gasteiger partial charge in [-0.3, -0.25) is 9.59 Å². The first-order valence-corrected chi connectivity index (χ1v) is 7.02. The fraction of sp³-hybridized carbons (Fsp3) is 0.846. The van der Waals surface area contributed by atoms with Crippen molar-refractivity contribution in [1.82, 2.24) is 10.6 Å². The average Bonchev–Trinajstić information content (AvgIpc) is 2.47. The standard InChI is InChI=1S/C13H26N2O5/c1-2-6-14-7-4-3-5-8-15-13(20)12(19)11(18)10(17)9-16/h11-12,14,16,18-19H,2-9H2,1H3,(H,15,20). The lowest BCUT2D eigenvalue weighted by Crippen LogP contribution is -2.46. The van der Waals surface area contributed by atoms with E-state index in [2.05, 4.69) is 17.6 Å². The van der Waals surface area contributed by atoms with Gasteiger partial charge < -0.3 is 26.0 Å². The van der Waals surface area contributed by atoms with Crippen LogP contribution in [0.1, 0.15) is 32.6 Å². The topological polar surface area (TPSA) is 119 Å². The number of Topliss-reactive ketones (excluding diaryl/α,β-unsaturated/α-hetero) is 1. The highest BCUT2D eigenvalue weighted by Crippen LogP contribution is 1.97. The van der Waals surface area contributed by atoms with Crippen molar-refractivity contribution < 1.29 is 24.9 Å². The molecule has 0 aliphatic carbocycles. The Labute approximate surface area is 119 Å². The minimum absolute atomic E-state index is 0.379. The Bertz CT molecular complexity index is 286. The summed E-state index contributed by atoms with van der Waals surface area (Å²) in [4.78, 5) is 22.3. The molecule has 118 valence electrons. The number of hydrogen-bond donors (Lipinski definition) is 5. The van der Waals surface area contributed by atoms with Gasteiger partial charge in [-0.25, -0.2) is 0 Å². The number of rotatable bonds is 12. The maximum absolute atomic E-state index is 11.4. The van der Waals surface area contributed by atoms with E-state index in [-0.39, 0.29) is 0 Å². The van der Waals surface area contributed by atoms with Gasteiger partial charge in [0.25, 0.3) is 5.91 Å². The quantitative estimate of drug-likeness (QED) is 0.281. The van der Waals surface area contributed by atoms with Gasteiger partial charge in [0.05, 0.1) is 0 Å². The normalized spacial score (nSPS) is 13.8. The Hall–Kier alpha value is -1.02. The summed E-state index contributed by atoms with van der Waals surface area (Å²) in [6.45, 7) is 3.51. The molecule has 0 aromatic rings.